The molecule has 0 saturated heterocycles. The lowest BCUT2D eigenvalue weighted by Crippen LogP contribution is -2.31. The summed E-state index contributed by atoms with van der Waals surface area (Å²) in [7, 11) is 0. The molecule has 37 heavy (non-hydrogen) atoms. The van der Waals surface area contributed by atoms with Crippen molar-refractivity contribution >= 4 is 5.82 Å². The highest BCUT2D eigenvalue weighted by Gasteiger charge is 2.37. The Hall–Kier alpha value is -3.63. The molecule has 0 saturated carbocycles. The van der Waals surface area contributed by atoms with Crippen molar-refractivity contribution in [3.8, 4) is 22.8 Å². The molecule has 5 rings (SSSR count). The first-order chi connectivity index (χ1) is 17.5. The van der Waals surface area contributed by atoms with E-state index in [-0.39, 0.29) is 17.9 Å². The number of rotatable bonds is 6. The molecule has 0 spiro atoms. The highest BCUT2D eigenvalue weighted by molar-refractivity contribution is 5.64. The van der Waals surface area contributed by atoms with Crippen molar-refractivity contribution in [1.29, 1.82) is 0 Å². The summed E-state index contributed by atoms with van der Waals surface area (Å²) in [6.07, 6.45) is -1.73. The molecule has 0 atom stereocenters. The van der Waals surface area contributed by atoms with E-state index in [1.807, 2.05) is 39.8 Å². The second kappa shape index (κ2) is 9.35. The lowest BCUT2D eigenvalue weighted by atomic mass is 10.1. The first kappa shape index (κ1) is 25.0. The van der Waals surface area contributed by atoms with Gasteiger partial charge in [-0.3, -0.25) is 4.68 Å². The molecule has 1 aliphatic rings. The Morgan fingerprint density at radius 2 is 1.65 bits per heavy atom. The Labute approximate surface area is 213 Å². The summed E-state index contributed by atoms with van der Waals surface area (Å²) >= 11 is 0. The van der Waals surface area contributed by atoms with Crippen LogP contribution in [0.3, 0.4) is 0 Å². The van der Waals surface area contributed by atoms with E-state index in [9.17, 15) is 13.2 Å². The Kier molecular flexibility index (Phi) is 6.33. The van der Waals surface area contributed by atoms with E-state index in [1.54, 1.807) is 13.8 Å². The van der Waals surface area contributed by atoms with Crippen molar-refractivity contribution in [2.75, 3.05) is 11.4 Å². The zero-order valence-electron chi connectivity index (χ0n) is 21.7. The Morgan fingerprint density at radius 3 is 2.30 bits per heavy atom. The van der Waals surface area contributed by atoms with E-state index < -0.39 is 12.0 Å². The van der Waals surface area contributed by atoms with Crippen LogP contribution < -0.4 is 4.90 Å². The maximum absolute atomic E-state index is 13.2. The first-order valence-electron chi connectivity index (χ1n) is 12.5. The van der Waals surface area contributed by atoms with Gasteiger partial charge in [-0.2, -0.15) is 23.4 Å². The van der Waals surface area contributed by atoms with Crippen LogP contribution in [0.5, 0.6) is 0 Å². The first-order valence-corrected chi connectivity index (χ1v) is 12.5. The van der Waals surface area contributed by atoms with Gasteiger partial charge in [-0.15, -0.1) is 5.10 Å². The van der Waals surface area contributed by atoms with Crippen LogP contribution >= 0.6 is 0 Å². The molecule has 1 aromatic carbocycles. The van der Waals surface area contributed by atoms with E-state index in [2.05, 4.69) is 46.9 Å². The second-order valence-corrected chi connectivity index (χ2v) is 10.1. The fourth-order valence-corrected chi connectivity index (χ4v) is 4.77. The van der Waals surface area contributed by atoms with Crippen molar-refractivity contribution in [3.63, 3.8) is 0 Å². The molecule has 0 aliphatic carbocycles. The van der Waals surface area contributed by atoms with Gasteiger partial charge in [0.2, 0.25) is 0 Å². The van der Waals surface area contributed by atoms with Gasteiger partial charge in [-0.25, -0.2) is 14.3 Å². The predicted molar refractivity (Wildman–Crippen MR) is 135 cm³/mol. The Bertz CT molecular complexity index is 1390. The molecular formula is C26H31F3N8. The minimum atomic E-state index is -4.59. The van der Waals surface area contributed by atoms with Crippen LogP contribution in [-0.2, 0) is 19.3 Å². The number of hydrogen-bond acceptors (Lipinski definition) is 5. The molecule has 0 bridgehead atoms. The van der Waals surface area contributed by atoms with Crippen LogP contribution in [0.25, 0.3) is 22.8 Å². The molecule has 4 heterocycles. The number of benzene rings is 1. The average molecular weight is 513 g/mol. The maximum atomic E-state index is 13.2. The Morgan fingerprint density at radius 1 is 0.946 bits per heavy atom. The highest BCUT2D eigenvalue weighted by Crippen LogP contribution is 2.33. The minimum absolute atomic E-state index is 0.215. The maximum Gasteiger partial charge on any atom is 0.453 e. The summed E-state index contributed by atoms with van der Waals surface area (Å²) in [4.78, 5) is 6.09. The molecular weight excluding hydrogens is 481 g/mol. The third-order valence-electron chi connectivity index (χ3n) is 6.55. The largest absolute Gasteiger partial charge is 0.453 e. The number of anilines is 1. The summed E-state index contributed by atoms with van der Waals surface area (Å²) in [5, 5.41) is 13.1. The van der Waals surface area contributed by atoms with Crippen LogP contribution in [-0.4, -0.2) is 40.9 Å². The third kappa shape index (κ3) is 4.74. The monoisotopic (exact) mass is 512 g/mol. The second-order valence-electron chi connectivity index (χ2n) is 10.1. The van der Waals surface area contributed by atoms with Gasteiger partial charge in [0.15, 0.2) is 5.82 Å². The normalized spacial score (nSPS) is 14.2. The standard InChI is InChI=1S/C26H31F3N8/c1-16(2)36-23(18(5)14-30-36)21-13-22-34(11-6-12-35(22)32-21)15-19-7-9-20(10-8-19)24-31-25(26(27,28)29)33-37(24)17(3)4/h7-10,13-14,16-17H,6,11-12,15H2,1-5H3. The van der Waals surface area contributed by atoms with Crippen LogP contribution in [0.1, 0.15) is 63.2 Å². The molecule has 0 unspecified atom stereocenters. The topological polar surface area (TPSA) is 69.6 Å². The third-order valence-corrected chi connectivity index (χ3v) is 6.55. The van der Waals surface area contributed by atoms with Crippen LogP contribution in [0, 0.1) is 6.92 Å². The molecule has 8 nitrogen and oxygen atoms in total. The fourth-order valence-electron chi connectivity index (χ4n) is 4.77. The lowest BCUT2D eigenvalue weighted by Gasteiger charge is -2.29. The van der Waals surface area contributed by atoms with Crippen molar-refractivity contribution < 1.29 is 13.2 Å². The van der Waals surface area contributed by atoms with Crippen LogP contribution in [0.15, 0.2) is 36.5 Å². The molecule has 0 amide bonds. The van der Waals surface area contributed by atoms with Crippen molar-refractivity contribution in [3.05, 3.63) is 53.5 Å². The van der Waals surface area contributed by atoms with Crippen LogP contribution in [0.4, 0.5) is 19.0 Å². The van der Waals surface area contributed by atoms with Gasteiger partial charge in [0.1, 0.15) is 11.5 Å². The van der Waals surface area contributed by atoms with Crippen LogP contribution in [0.2, 0.25) is 0 Å². The molecule has 3 aromatic heterocycles. The number of fused-ring (bicyclic) bond motifs is 1. The smallest absolute Gasteiger partial charge is 0.352 e. The lowest BCUT2D eigenvalue weighted by molar-refractivity contribution is -0.145. The molecule has 0 N–H and O–H groups in total. The zero-order chi connectivity index (χ0) is 26.5. The highest BCUT2D eigenvalue weighted by atomic mass is 19.4. The van der Waals surface area contributed by atoms with Crippen molar-refractivity contribution in [2.45, 2.75) is 72.4 Å². The van der Waals surface area contributed by atoms with Crippen molar-refractivity contribution in [1.82, 2.24) is 34.3 Å². The average Bonchev–Trinajstić information content (AvgIpc) is 3.55. The number of hydrogen-bond donors (Lipinski definition) is 0. The summed E-state index contributed by atoms with van der Waals surface area (Å²) < 4.78 is 45.1. The van der Waals surface area contributed by atoms with E-state index >= 15 is 0 Å². The van der Waals surface area contributed by atoms with E-state index in [0.29, 0.717) is 12.1 Å². The summed E-state index contributed by atoms with van der Waals surface area (Å²) in [5.74, 6) is 0.147. The summed E-state index contributed by atoms with van der Waals surface area (Å²) in [5.41, 5.74) is 4.69. The van der Waals surface area contributed by atoms with E-state index in [4.69, 9.17) is 5.10 Å². The van der Waals surface area contributed by atoms with Gasteiger partial charge in [0.25, 0.3) is 5.82 Å². The van der Waals surface area contributed by atoms with Gasteiger partial charge in [0, 0.05) is 43.3 Å². The SMILES string of the molecule is Cc1cnn(C(C)C)c1-c1cc2n(n1)CCCN2Cc1ccc(-c2nc(C(F)(F)F)nn2C(C)C)cc1. The fraction of sp³-hybridized carbons (Fsp3) is 0.462. The number of aryl methyl sites for hydroxylation is 2. The van der Waals surface area contributed by atoms with Gasteiger partial charge >= 0.3 is 6.18 Å². The van der Waals surface area contributed by atoms with E-state index in [0.717, 1.165) is 47.8 Å². The number of halogens is 3. The Balaban J connectivity index is 1.40. The van der Waals surface area contributed by atoms with Gasteiger partial charge in [-0.05, 0) is 52.2 Å². The molecule has 11 heteroatoms. The zero-order valence-corrected chi connectivity index (χ0v) is 21.7. The van der Waals surface area contributed by atoms with E-state index in [1.165, 1.54) is 4.68 Å². The quantitative estimate of drug-likeness (QED) is 0.322. The minimum Gasteiger partial charge on any atom is -0.352 e. The van der Waals surface area contributed by atoms with Crippen molar-refractivity contribution in [2.24, 2.45) is 0 Å². The molecule has 0 fully saturated rings. The number of nitrogens with zero attached hydrogens (tertiary/aromatic N) is 8. The predicted octanol–water partition coefficient (Wildman–Crippen LogP) is 5.90. The van der Waals surface area contributed by atoms with Gasteiger partial charge in [-0.1, -0.05) is 24.3 Å². The molecule has 4 aromatic rings. The van der Waals surface area contributed by atoms with Gasteiger partial charge in [0.05, 0.1) is 11.9 Å². The summed E-state index contributed by atoms with van der Waals surface area (Å²) in [6.45, 7) is 12.3. The number of alkyl halides is 3. The molecule has 0 radical (unpaired) electrons. The molecule has 196 valence electrons. The van der Waals surface area contributed by atoms with Gasteiger partial charge < -0.3 is 4.90 Å². The molecule has 1 aliphatic heterocycles. The summed E-state index contributed by atoms with van der Waals surface area (Å²) in [6, 6.07) is 9.61. The number of aromatic nitrogens is 7.